The first kappa shape index (κ1) is 13.2. The summed E-state index contributed by atoms with van der Waals surface area (Å²) in [7, 11) is 4.31. The number of hydrogen-bond acceptors (Lipinski definition) is 6. The molecule has 2 aromatic rings. The minimum Gasteiger partial charge on any atom is -0.423 e. The molecule has 1 saturated heterocycles. The number of nitrogen functional groups attached to an aromatic ring is 1. The number of aromatic nitrogens is 1. The van der Waals surface area contributed by atoms with Crippen molar-refractivity contribution in [1.82, 2.24) is 14.8 Å². The van der Waals surface area contributed by atoms with E-state index in [2.05, 4.69) is 34.2 Å². The second-order valence-electron chi connectivity index (χ2n) is 5.52. The topological polar surface area (TPSA) is 70.6 Å². The first-order valence-electron chi connectivity index (χ1n) is 6.90. The Kier molecular flexibility index (Phi) is 3.50. The van der Waals surface area contributed by atoms with Crippen LogP contribution in [0.5, 0.6) is 0 Å². The Bertz CT molecular complexity index is 596. The molecule has 0 amide bonds. The fourth-order valence-corrected chi connectivity index (χ4v) is 2.54. The lowest BCUT2D eigenvalue weighted by atomic mass is 10.2. The van der Waals surface area contributed by atoms with Crippen molar-refractivity contribution in [2.75, 3.05) is 51.3 Å². The number of piperazine rings is 1. The van der Waals surface area contributed by atoms with Gasteiger partial charge in [0.1, 0.15) is 5.52 Å². The van der Waals surface area contributed by atoms with E-state index in [-0.39, 0.29) is 0 Å². The van der Waals surface area contributed by atoms with E-state index in [0.29, 0.717) is 17.7 Å². The monoisotopic (exact) mass is 275 g/mol. The van der Waals surface area contributed by atoms with Gasteiger partial charge in [-0.3, -0.25) is 4.90 Å². The Hall–Kier alpha value is -1.79. The van der Waals surface area contributed by atoms with Gasteiger partial charge < -0.3 is 20.4 Å². The summed E-state index contributed by atoms with van der Waals surface area (Å²) in [4.78, 5) is 9.13. The molecule has 6 heteroatoms. The second kappa shape index (κ2) is 5.30. The Morgan fingerprint density at radius 2 is 2.25 bits per heavy atom. The van der Waals surface area contributed by atoms with Gasteiger partial charge in [-0.05, 0) is 26.2 Å². The van der Waals surface area contributed by atoms with E-state index in [1.54, 1.807) is 6.07 Å². The molecule has 0 aliphatic carbocycles. The van der Waals surface area contributed by atoms with E-state index < -0.39 is 0 Å². The number of fused-ring (bicyclic) bond motifs is 1. The van der Waals surface area contributed by atoms with Gasteiger partial charge in [0, 0.05) is 44.0 Å². The van der Waals surface area contributed by atoms with Crippen LogP contribution in [-0.4, -0.2) is 61.1 Å². The molecule has 1 aliphatic rings. The van der Waals surface area contributed by atoms with Crippen molar-refractivity contribution < 1.29 is 4.42 Å². The number of nitrogens with two attached hydrogens (primary N) is 1. The molecule has 1 aliphatic heterocycles. The highest BCUT2D eigenvalue weighted by Crippen LogP contribution is 2.21. The molecule has 3 N–H and O–H groups in total. The molecule has 1 aromatic carbocycles. The lowest BCUT2D eigenvalue weighted by molar-refractivity contribution is 0.121. The SMILES string of the molecule is CN1CCN(C)C(CNc2nc3ccc(N)cc3o2)C1. The number of benzene rings is 1. The molecular formula is C14H21N5O. The van der Waals surface area contributed by atoms with Gasteiger partial charge in [0.25, 0.3) is 6.01 Å². The number of rotatable bonds is 3. The molecule has 1 unspecified atom stereocenters. The van der Waals surface area contributed by atoms with Crippen LogP contribution >= 0.6 is 0 Å². The molecule has 1 atom stereocenters. The third-order valence-electron chi connectivity index (χ3n) is 3.88. The quantitative estimate of drug-likeness (QED) is 0.817. The van der Waals surface area contributed by atoms with Crippen molar-refractivity contribution in [3.8, 4) is 0 Å². The lowest BCUT2D eigenvalue weighted by Crippen LogP contribution is -2.52. The van der Waals surface area contributed by atoms with Gasteiger partial charge in [-0.1, -0.05) is 0 Å². The summed E-state index contributed by atoms with van der Waals surface area (Å²) >= 11 is 0. The van der Waals surface area contributed by atoms with Crippen LogP contribution in [-0.2, 0) is 0 Å². The Morgan fingerprint density at radius 3 is 3.10 bits per heavy atom. The third kappa shape index (κ3) is 2.71. The largest absolute Gasteiger partial charge is 0.423 e. The summed E-state index contributed by atoms with van der Waals surface area (Å²) in [6, 6.07) is 6.54. The van der Waals surface area contributed by atoms with Gasteiger partial charge in [0.05, 0.1) is 0 Å². The first-order chi connectivity index (χ1) is 9.61. The molecule has 3 rings (SSSR count). The number of nitrogens with zero attached hydrogens (tertiary/aromatic N) is 3. The average Bonchev–Trinajstić information content (AvgIpc) is 2.81. The van der Waals surface area contributed by atoms with E-state index in [1.165, 1.54) is 0 Å². The number of anilines is 2. The summed E-state index contributed by atoms with van der Waals surface area (Å²) in [5, 5.41) is 3.29. The second-order valence-corrected chi connectivity index (χ2v) is 5.52. The predicted octanol–water partition coefficient (Wildman–Crippen LogP) is 1.07. The molecule has 1 fully saturated rings. The highest BCUT2D eigenvalue weighted by molar-refractivity contribution is 5.78. The van der Waals surface area contributed by atoms with Crippen molar-refractivity contribution in [2.24, 2.45) is 0 Å². The summed E-state index contributed by atoms with van der Waals surface area (Å²) in [5.74, 6) is 0. The minimum atomic E-state index is 0.467. The van der Waals surface area contributed by atoms with E-state index in [9.17, 15) is 0 Å². The average molecular weight is 275 g/mol. The molecule has 0 saturated carbocycles. The zero-order valence-corrected chi connectivity index (χ0v) is 12.0. The molecule has 20 heavy (non-hydrogen) atoms. The molecule has 0 spiro atoms. The van der Waals surface area contributed by atoms with Gasteiger partial charge in [-0.25, -0.2) is 0 Å². The summed E-state index contributed by atoms with van der Waals surface area (Å²) < 4.78 is 5.67. The maximum atomic E-state index is 5.74. The normalized spacial score (nSPS) is 21.4. The maximum Gasteiger partial charge on any atom is 0.295 e. The van der Waals surface area contributed by atoms with Crippen molar-refractivity contribution in [3.63, 3.8) is 0 Å². The molecule has 1 aromatic heterocycles. The van der Waals surface area contributed by atoms with Crippen LogP contribution < -0.4 is 11.1 Å². The molecule has 108 valence electrons. The Balaban J connectivity index is 1.67. The minimum absolute atomic E-state index is 0.467. The van der Waals surface area contributed by atoms with Crippen molar-refractivity contribution in [1.29, 1.82) is 0 Å². The fourth-order valence-electron chi connectivity index (χ4n) is 2.54. The van der Waals surface area contributed by atoms with Crippen LogP contribution in [0.2, 0.25) is 0 Å². The Labute approximate surface area is 118 Å². The van der Waals surface area contributed by atoms with E-state index in [4.69, 9.17) is 10.2 Å². The van der Waals surface area contributed by atoms with Gasteiger partial charge in [0.15, 0.2) is 5.58 Å². The van der Waals surface area contributed by atoms with Gasteiger partial charge >= 0.3 is 0 Å². The number of nitrogens with one attached hydrogen (secondary N) is 1. The van der Waals surface area contributed by atoms with Gasteiger partial charge in [0.2, 0.25) is 0 Å². The fraction of sp³-hybridized carbons (Fsp3) is 0.500. The van der Waals surface area contributed by atoms with E-state index in [1.807, 2.05) is 12.1 Å². The molecular weight excluding hydrogens is 254 g/mol. The van der Waals surface area contributed by atoms with Crippen LogP contribution in [0.4, 0.5) is 11.7 Å². The van der Waals surface area contributed by atoms with Gasteiger partial charge in [-0.2, -0.15) is 4.98 Å². The first-order valence-corrected chi connectivity index (χ1v) is 6.90. The summed E-state index contributed by atoms with van der Waals surface area (Å²) in [6.07, 6.45) is 0. The van der Waals surface area contributed by atoms with Crippen LogP contribution in [0.15, 0.2) is 22.6 Å². The van der Waals surface area contributed by atoms with Crippen molar-refractivity contribution in [2.45, 2.75) is 6.04 Å². The third-order valence-corrected chi connectivity index (χ3v) is 3.88. The van der Waals surface area contributed by atoms with Crippen molar-refractivity contribution >= 4 is 22.8 Å². The molecule has 6 nitrogen and oxygen atoms in total. The smallest absolute Gasteiger partial charge is 0.295 e. The van der Waals surface area contributed by atoms with Crippen LogP contribution in [0, 0.1) is 0 Å². The zero-order valence-electron chi connectivity index (χ0n) is 12.0. The van der Waals surface area contributed by atoms with Crippen molar-refractivity contribution in [3.05, 3.63) is 18.2 Å². The lowest BCUT2D eigenvalue weighted by Gasteiger charge is -2.37. The number of oxazole rings is 1. The van der Waals surface area contributed by atoms with Gasteiger partial charge in [-0.15, -0.1) is 0 Å². The standard InChI is InChI=1S/C14H21N5O/c1-18-5-6-19(2)11(9-18)8-16-14-17-12-4-3-10(15)7-13(12)20-14/h3-4,7,11H,5-6,8-9,15H2,1-2H3,(H,16,17). The molecule has 0 radical (unpaired) electrons. The maximum absolute atomic E-state index is 5.74. The van der Waals surface area contributed by atoms with Crippen LogP contribution in [0.1, 0.15) is 0 Å². The van der Waals surface area contributed by atoms with E-state index in [0.717, 1.165) is 37.3 Å². The number of likely N-dealkylation sites (N-methyl/N-ethyl adjacent to an activating group) is 2. The highest BCUT2D eigenvalue weighted by atomic mass is 16.4. The van der Waals surface area contributed by atoms with Crippen LogP contribution in [0.25, 0.3) is 11.1 Å². The predicted molar refractivity (Wildman–Crippen MR) is 80.8 cm³/mol. The highest BCUT2D eigenvalue weighted by Gasteiger charge is 2.22. The Morgan fingerprint density at radius 1 is 1.40 bits per heavy atom. The van der Waals surface area contributed by atoms with E-state index >= 15 is 0 Å². The molecule has 0 bridgehead atoms. The number of hydrogen-bond donors (Lipinski definition) is 2. The summed E-state index contributed by atoms with van der Waals surface area (Å²) in [5.41, 5.74) is 7.98. The summed E-state index contributed by atoms with van der Waals surface area (Å²) in [6.45, 7) is 4.09. The van der Waals surface area contributed by atoms with Crippen LogP contribution in [0.3, 0.4) is 0 Å². The molecule has 2 heterocycles. The zero-order chi connectivity index (χ0) is 14.1.